The molecular weight excluding hydrogens is 531 g/mol. The van der Waals surface area contributed by atoms with Crippen LogP contribution in [0.15, 0.2) is 95.9 Å². The summed E-state index contributed by atoms with van der Waals surface area (Å²) >= 11 is 12.1. The Balaban J connectivity index is 1.53. The minimum absolute atomic E-state index is 0.00630. The van der Waals surface area contributed by atoms with Crippen LogP contribution in [0.2, 0.25) is 10.0 Å². The highest BCUT2D eigenvalue weighted by atomic mass is 35.5. The third kappa shape index (κ3) is 5.13. The Labute approximate surface area is 225 Å². The van der Waals surface area contributed by atoms with E-state index in [0.717, 1.165) is 25.5 Å². The van der Waals surface area contributed by atoms with Crippen molar-refractivity contribution in [1.82, 2.24) is 4.31 Å². The molecule has 1 unspecified atom stereocenters. The molecule has 37 heavy (non-hydrogen) atoms. The van der Waals surface area contributed by atoms with Gasteiger partial charge in [0.05, 0.1) is 17.0 Å². The molecule has 2 amide bonds. The summed E-state index contributed by atoms with van der Waals surface area (Å²) in [7, 11) is -4.15. The number of halogens is 2. The number of hydrogen-bond donors (Lipinski definition) is 0. The van der Waals surface area contributed by atoms with Crippen molar-refractivity contribution in [3.05, 3.63) is 107 Å². The van der Waals surface area contributed by atoms with Crippen molar-refractivity contribution in [1.29, 1.82) is 0 Å². The van der Waals surface area contributed by atoms with Crippen molar-refractivity contribution >= 4 is 61.5 Å². The molecule has 0 saturated carbocycles. The summed E-state index contributed by atoms with van der Waals surface area (Å²) in [5, 5.41) is 2.65. The van der Waals surface area contributed by atoms with E-state index in [9.17, 15) is 18.0 Å². The van der Waals surface area contributed by atoms with Crippen LogP contribution in [-0.2, 0) is 26.0 Å². The van der Waals surface area contributed by atoms with Gasteiger partial charge in [0, 0.05) is 16.6 Å². The van der Waals surface area contributed by atoms with Gasteiger partial charge in [-0.05, 0) is 71.3 Å². The first-order valence-corrected chi connectivity index (χ1v) is 13.8. The molecule has 4 aromatic rings. The molecule has 1 heterocycles. The molecule has 0 aromatic heterocycles. The second-order valence-electron chi connectivity index (χ2n) is 8.77. The maximum Gasteiger partial charge on any atom is 0.252 e. The molecule has 0 spiro atoms. The number of hydrogen-bond acceptors (Lipinski definition) is 4. The first kappa shape index (κ1) is 25.4. The monoisotopic (exact) mass is 552 g/mol. The van der Waals surface area contributed by atoms with Crippen molar-refractivity contribution < 1.29 is 18.0 Å². The van der Waals surface area contributed by atoms with Gasteiger partial charge in [-0.2, -0.15) is 4.31 Å². The van der Waals surface area contributed by atoms with Gasteiger partial charge in [0.15, 0.2) is 0 Å². The summed E-state index contributed by atoms with van der Waals surface area (Å²) in [6.07, 6.45) is 0.0517. The molecule has 4 aromatic carbocycles. The van der Waals surface area contributed by atoms with E-state index in [0.29, 0.717) is 22.2 Å². The maximum atomic E-state index is 14.0. The molecule has 1 fully saturated rings. The quantitative estimate of drug-likeness (QED) is 0.275. The topological polar surface area (TPSA) is 74.8 Å². The second kappa shape index (κ2) is 10.3. The molecule has 9 heteroatoms. The fraction of sp³-hybridized carbons (Fsp3) is 0.143. The lowest BCUT2D eigenvalue weighted by atomic mass is 10.1. The third-order valence-corrected chi connectivity index (χ3v) is 8.78. The maximum absolute atomic E-state index is 14.0. The Morgan fingerprint density at radius 3 is 2.27 bits per heavy atom. The van der Waals surface area contributed by atoms with E-state index < -0.39 is 27.9 Å². The summed E-state index contributed by atoms with van der Waals surface area (Å²) in [6.45, 7) is -0.00630. The number of fused-ring (bicyclic) bond motifs is 1. The molecule has 0 N–H and O–H groups in total. The van der Waals surface area contributed by atoms with Gasteiger partial charge in [-0.15, -0.1) is 0 Å². The van der Waals surface area contributed by atoms with Gasteiger partial charge in [0.1, 0.15) is 6.04 Å². The van der Waals surface area contributed by atoms with Gasteiger partial charge >= 0.3 is 0 Å². The molecular formula is C28H22Cl2N2O4S. The molecule has 0 radical (unpaired) electrons. The number of nitrogens with zero attached hydrogens (tertiary/aromatic N) is 2. The number of amides is 2. The molecule has 5 rings (SSSR count). The standard InChI is InChI=1S/C28H22Cl2N2O4S/c29-22-9-11-24(12-10-22)32-27(33)18-26(28(32)34)31(15-14-19-4-3-7-23(30)16-19)37(35,36)25-13-8-20-5-1-2-6-21(20)17-25/h1-13,16-17,26H,14-15,18H2. The number of anilines is 1. The molecule has 0 bridgehead atoms. The van der Waals surface area contributed by atoms with Gasteiger partial charge in [-0.25, -0.2) is 13.3 Å². The Bertz CT molecular complexity index is 1610. The molecule has 0 aliphatic carbocycles. The predicted octanol–water partition coefficient (Wildman–Crippen LogP) is 5.71. The van der Waals surface area contributed by atoms with E-state index in [1.54, 1.807) is 54.6 Å². The van der Waals surface area contributed by atoms with Gasteiger partial charge in [0.25, 0.3) is 5.91 Å². The van der Waals surface area contributed by atoms with Crippen LogP contribution in [-0.4, -0.2) is 37.1 Å². The minimum atomic E-state index is -4.15. The van der Waals surface area contributed by atoms with Gasteiger partial charge in [-0.1, -0.05) is 65.7 Å². The average molecular weight is 553 g/mol. The average Bonchev–Trinajstić information content (AvgIpc) is 3.17. The van der Waals surface area contributed by atoms with Gasteiger partial charge in [-0.3, -0.25) is 9.59 Å². The Kier molecular flexibility index (Phi) is 7.05. The lowest BCUT2D eigenvalue weighted by Gasteiger charge is -2.27. The van der Waals surface area contributed by atoms with Crippen molar-refractivity contribution in [3.8, 4) is 0 Å². The van der Waals surface area contributed by atoms with E-state index in [1.807, 2.05) is 30.3 Å². The fourth-order valence-electron chi connectivity index (χ4n) is 4.54. The van der Waals surface area contributed by atoms with Crippen LogP contribution in [0.25, 0.3) is 10.8 Å². The largest absolute Gasteiger partial charge is 0.274 e. The molecule has 1 aliphatic heterocycles. The van der Waals surface area contributed by atoms with Gasteiger partial charge in [0.2, 0.25) is 15.9 Å². The van der Waals surface area contributed by atoms with Crippen LogP contribution in [0.3, 0.4) is 0 Å². The zero-order valence-corrected chi connectivity index (χ0v) is 21.9. The van der Waals surface area contributed by atoms with E-state index in [1.165, 1.54) is 6.07 Å². The van der Waals surface area contributed by atoms with Crippen LogP contribution in [0.5, 0.6) is 0 Å². The van der Waals surface area contributed by atoms with Crippen molar-refractivity contribution in [2.24, 2.45) is 0 Å². The number of carbonyl (C=O) groups is 2. The van der Waals surface area contributed by atoms with Crippen LogP contribution in [0.1, 0.15) is 12.0 Å². The van der Waals surface area contributed by atoms with E-state index in [-0.39, 0.29) is 17.9 Å². The zero-order valence-electron chi connectivity index (χ0n) is 19.6. The molecule has 1 saturated heterocycles. The number of rotatable bonds is 7. The summed E-state index contributed by atoms with van der Waals surface area (Å²) in [5.74, 6) is -1.07. The highest BCUT2D eigenvalue weighted by Crippen LogP contribution is 2.31. The SMILES string of the molecule is O=C1CC(N(CCc2cccc(Cl)c2)S(=O)(=O)c2ccc3ccccc3c2)C(=O)N1c1ccc(Cl)cc1. The van der Waals surface area contributed by atoms with Crippen LogP contribution < -0.4 is 4.90 Å². The smallest absolute Gasteiger partial charge is 0.252 e. The number of sulfonamides is 1. The lowest BCUT2D eigenvalue weighted by molar-refractivity contribution is -0.122. The minimum Gasteiger partial charge on any atom is -0.274 e. The van der Waals surface area contributed by atoms with Crippen molar-refractivity contribution in [2.75, 3.05) is 11.4 Å². The first-order chi connectivity index (χ1) is 17.7. The third-order valence-electron chi connectivity index (χ3n) is 6.39. The van der Waals surface area contributed by atoms with Crippen molar-refractivity contribution in [3.63, 3.8) is 0 Å². The second-order valence-corrected chi connectivity index (χ2v) is 11.5. The van der Waals surface area contributed by atoms with Gasteiger partial charge < -0.3 is 0 Å². The lowest BCUT2D eigenvalue weighted by Crippen LogP contribution is -2.46. The van der Waals surface area contributed by atoms with E-state index in [2.05, 4.69) is 0 Å². The summed E-state index contributed by atoms with van der Waals surface area (Å²) in [5.41, 5.74) is 1.16. The zero-order chi connectivity index (χ0) is 26.2. The summed E-state index contributed by atoms with van der Waals surface area (Å²) < 4.78 is 29.1. The van der Waals surface area contributed by atoms with E-state index in [4.69, 9.17) is 23.2 Å². The normalized spacial score (nSPS) is 16.2. The number of benzene rings is 4. The summed E-state index contributed by atoms with van der Waals surface area (Å²) in [6, 6.07) is 24.5. The first-order valence-electron chi connectivity index (χ1n) is 11.6. The molecule has 6 nitrogen and oxygen atoms in total. The Morgan fingerprint density at radius 2 is 1.54 bits per heavy atom. The molecule has 188 valence electrons. The molecule has 1 aliphatic rings. The fourth-order valence-corrected chi connectivity index (χ4v) is 6.50. The van der Waals surface area contributed by atoms with Crippen LogP contribution in [0.4, 0.5) is 5.69 Å². The van der Waals surface area contributed by atoms with E-state index >= 15 is 0 Å². The predicted molar refractivity (Wildman–Crippen MR) is 145 cm³/mol. The summed E-state index contributed by atoms with van der Waals surface area (Å²) in [4.78, 5) is 27.6. The van der Waals surface area contributed by atoms with Crippen LogP contribution in [0, 0.1) is 0 Å². The Morgan fingerprint density at radius 1 is 0.811 bits per heavy atom. The number of imide groups is 1. The highest BCUT2D eigenvalue weighted by molar-refractivity contribution is 7.89. The Hall–Kier alpha value is -3.23. The molecule has 1 atom stereocenters. The van der Waals surface area contributed by atoms with Crippen LogP contribution >= 0.6 is 23.2 Å². The van der Waals surface area contributed by atoms with Crippen molar-refractivity contribution in [2.45, 2.75) is 23.8 Å². The number of carbonyl (C=O) groups excluding carboxylic acids is 2. The highest BCUT2D eigenvalue weighted by Gasteiger charge is 2.46.